The van der Waals surface area contributed by atoms with Crippen LogP contribution in [-0.2, 0) is 11.3 Å². The number of carbonyl (C=O) groups is 1. The molecule has 1 fully saturated rings. The molecule has 1 aromatic rings. The van der Waals surface area contributed by atoms with Crippen LogP contribution in [0.5, 0.6) is 0 Å². The molecule has 0 N–H and O–H groups in total. The van der Waals surface area contributed by atoms with Gasteiger partial charge in [0.2, 0.25) is 0 Å². The van der Waals surface area contributed by atoms with Gasteiger partial charge in [-0.3, -0.25) is 9.69 Å². The molecule has 0 bridgehead atoms. The van der Waals surface area contributed by atoms with E-state index in [1.807, 2.05) is 13.1 Å². The molecule has 1 aliphatic carbocycles. The number of carbonyl (C=O) groups excluding carboxylic acids is 1. The summed E-state index contributed by atoms with van der Waals surface area (Å²) in [5.41, 5.74) is 0. The van der Waals surface area contributed by atoms with Crippen molar-refractivity contribution in [2.45, 2.75) is 19.4 Å². The van der Waals surface area contributed by atoms with E-state index >= 15 is 0 Å². The summed E-state index contributed by atoms with van der Waals surface area (Å²) in [6.07, 6.45) is 3.38. The lowest BCUT2D eigenvalue weighted by molar-refractivity contribution is 0.0993. The highest BCUT2D eigenvalue weighted by molar-refractivity contribution is 5.70. The lowest BCUT2D eigenvalue weighted by Crippen LogP contribution is -2.22. The third-order valence-electron chi connectivity index (χ3n) is 2.89. The lowest BCUT2D eigenvalue weighted by atomic mass is 10.4. The Balaban J connectivity index is 1.61. The third kappa shape index (κ3) is 4.32. The Hall–Kier alpha value is -1.13. The molecule has 1 aliphatic rings. The van der Waals surface area contributed by atoms with Gasteiger partial charge in [0.1, 0.15) is 5.76 Å². The average Bonchev–Trinajstić information content (AvgIpc) is 3.04. The standard InChI is InChI=1S/C13H19NO3/c1-14(6-7-16-10-11-2-3-11)8-12-4-5-13(9-15)17-12/h4-5,9,11H,2-3,6-8,10H2,1H3. The molecule has 0 spiro atoms. The predicted octanol–water partition coefficient (Wildman–Crippen LogP) is 1.95. The Kier molecular flexibility index (Phi) is 4.34. The maximum atomic E-state index is 10.5. The summed E-state index contributed by atoms with van der Waals surface area (Å²) in [5.74, 6) is 2.02. The maximum Gasteiger partial charge on any atom is 0.185 e. The molecule has 4 nitrogen and oxygen atoms in total. The normalized spacial score (nSPS) is 15.4. The Morgan fingerprint density at radius 1 is 1.53 bits per heavy atom. The van der Waals surface area contributed by atoms with Gasteiger partial charge in [-0.25, -0.2) is 0 Å². The van der Waals surface area contributed by atoms with Gasteiger partial charge in [0.05, 0.1) is 13.2 Å². The van der Waals surface area contributed by atoms with Gasteiger partial charge in [0.25, 0.3) is 0 Å². The predicted molar refractivity (Wildman–Crippen MR) is 64.0 cm³/mol. The van der Waals surface area contributed by atoms with E-state index in [0.29, 0.717) is 12.3 Å². The number of ether oxygens (including phenoxy) is 1. The Morgan fingerprint density at radius 3 is 3.00 bits per heavy atom. The second kappa shape index (κ2) is 5.98. The minimum absolute atomic E-state index is 0.387. The van der Waals surface area contributed by atoms with Gasteiger partial charge in [-0.05, 0) is 37.9 Å². The van der Waals surface area contributed by atoms with Crippen molar-refractivity contribution in [1.82, 2.24) is 4.90 Å². The Morgan fingerprint density at radius 2 is 2.35 bits per heavy atom. The van der Waals surface area contributed by atoms with E-state index in [0.717, 1.165) is 37.7 Å². The second-order valence-electron chi connectivity index (χ2n) is 4.68. The molecule has 0 aromatic carbocycles. The van der Waals surface area contributed by atoms with Gasteiger partial charge in [0.15, 0.2) is 12.0 Å². The molecular formula is C13H19NO3. The number of aldehydes is 1. The van der Waals surface area contributed by atoms with Gasteiger partial charge in [0, 0.05) is 13.2 Å². The van der Waals surface area contributed by atoms with Crippen molar-refractivity contribution < 1.29 is 13.9 Å². The number of likely N-dealkylation sites (N-methyl/N-ethyl adjacent to an activating group) is 1. The SMILES string of the molecule is CN(CCOCC1CC1)Cc1ccc(C=O)o1. The zero-order chi connectivity index (χ0) is 12.1. The molecule has 0 unspecified atom stereocenters. The smallest absolute Gasteiger partial charge is 0.185 e. The molecule has 1 aromatic heterocycles. The van der Waals surface area contributed by atoms with Crippen LogP contribution in [0.4, 0.5) is 0 Å². The summed E-state index contributed by atoms with van der Waals surface area (Å²) in [7, 11) is 2.02. The van der Waals surface area contributed by atoms with Gasteiger partial charge >= 0.3 is 0 Å². The van der Waals surface area contributed by atoms with Crippen LogP contribution in [0.25, 0.3) is 0 Å². The molecule has 4 heteroatoms. The van der Waals surface area contributed by atoms with Crippen LogP contribution in [0.2, 0.25) is 0 Å². The van der Waals surface area contributed by atoms with Crippen molar-refractivity contribution in [3.63, 3.8) is 0 Å². The average molecular weight is 237 g/mol. The summed E-state index contributed by atoms with van der Waals surface area (Å²) in [6, 6.07) is 3.53. The monoisotopic (exact) mass is 237 g/mol. The number of hydrogen-bond acceptors (Lipinski definition) is 4. The van der Waals surface area contributed by atoms with E-state index in [9.17, 15) is 4.79 Å². The van der Waals surface area contributed by atoms with Crippen LogP contribution in [0.1, 0.15) is 29.2 Å². The third-order valence-corrected chi connectivity index (χ3v) is 2.89. The maximum absolute atomic E-state index is 10.5. The van der Waals surface area contributed by atoms with E-state index in [1.54, 1.807) is 6.07 Å². The minimum atomic E-state index is 0.387. The van der Waals surface area contributed by atoms with Crippen molar-refractivity contribution >= 4 is 6.29 Å². The van der Waals surface area contributed by atoms with E-state index < -0.39 is 0 Å². The van der Waals surface area contributed by atoms with Crippen molar-refractivity contribution in [2.24, 2.45) is 5.92 Å². The summed E-state index contributed by atoms with van der Waals surface area (Å²) >= 11 is 0. The van der Waals surface area contributed by atoms with Gasteiger partial charge < -0.3 is 9.15 Å². The Bertz CT molecular complexity index is 357. The summed E-state index contributed by atoms with van der Waals surface area (Å²) in [6.45, 7) is 3.25. The molecule has 94 valence electrons. The molecule has 0 radical (unpaired) electrons. The van der Waals surface area contributed by atoms with Gasteiger partial charge in [-0.2, -0.15) is 0 Å². The molecular weight excluding hydrogens is 218 g/mol. The molecule has 0 saturated heterocycles. The number of furan rings is 1. The number of nitrogens with zero attached hydrogens (tertiary/aromatic N) is 1. The quantitative estimate of drug-likeness (QED) is 0.512. The van der Waals surface area contributed by atoms with Gasteiger partial charge in [-0.1, -0.05) is 0 Å². The van der Waals surface area contributed by atoms with E-state index in [4.69, 9.17) is 9.15 Å². The molecule has 0 amide bonds. The molecule has 0 aliphatic heterocycles. The van der Waals surface area contributed by atoms with E-state index in [1.165, 1.54) is 12.8 Å². The molecule has 2 rings (SSSR count). The minimum Gasteiger partial charge on any atom is -0.457 e. The highest BCUT2D eigenvalue weighted by Gasteiger charge is 2.20. The van der Waals surface area contributed by atoms with Crippen LogP contribution in [0.15, 0.2) is 16.5 Å². The number of hydrogen-bond donors (Lipinski definition) is 0. The highest BCUT2D eigenvalue weighted by Crippen LogP contribution is 2.28. The zero-order valence-electron chi connectivity index (χ0n) is 10.2. The van der Waals surface area contributed by atoms with Crippen LogP contribution < -0.4 is 0 Å². The first kappa shape index (κ1) is 12.3. The fourth-order valence-corrected chi connectivity index (χ4v) is 1.64. The zero-order valence-corrected chi connectivity index (χ0v) is 10.2. The topological polar surface area (TPSA) is 42.7 Å². The van der Waals surface area contributed by atoms with Crippen molar-refractivity contribution in [1.29, 1.82) is 0 Å². The van der Waals surface area contributed by atoms with E-state index in [2.05, 4.69) is 4.90 Å². The second-order valence-corrected chi connectivity index (χ2v) is 4.68. The van der Waals surface area contributed by atoms with Crippen LogP contribution in [0.3, 0.4) is 0 Å². The largest absolute Gasteiger partial charge is 0.457 e. The molecule has 1 saturated carbocycles. The summed E-state index contributed by atoms with van der Waals surface area (Å²) < 4.78 is 10.9. The van der Waals surface area contributed by atoms with Crippen molar-refractivity contribution in [3.05, 3.63) is 23.7 Å². The molecule has 17 heavy (non-hydrogen) atoms. The molecule has 1 heterocycles. The lowest BCUT2D eigenvalue weighted by Gasteiger charge is -2.14. The van der Waals surface area contributed by atoms with Crippen LogP contribution >= 0.6 is 0 Å². The summed E-state index contributed by atoms with van der Waals surface area (Å²) in [4.78, 5) is 12.6. The van der Waals surface area contributed by atoms with Gasteiger partial charge in [-0.15, -0.1) is 0 Å². The van der Waals surface area contributed by atoms with Crippen LogP contribution in [0, 0.1) is 5.92 Å². The molecule has 0 atom stereocenters. The first-order chi connectivity index (χ1) is 8.28. The number of rotatable bonds is 8. The van der Waals surface area contributed by atoms with E-state index in [-0.39, 0.29) is 0 Å². The first-order valence-corrected chi connectivity index (χ1v) is 6.08. The summed E-state index contributed by atoms with van der Waals surface area (Å²) in [5, 5.41) is 0. The Labute approximate surface area is 102 Å². The highest BCUT2D eigenvalue weighted by atomic mass is 16.5. The van der Waals surface area contributed by atoms with Crippen molar-refractivity contribution in [3.8, 4) is 0 Å². The fraction of sp³-hybridized carbons (Fsp3) is 0.615. The van der Waals surface area contributed by atoms with Crippen molar-refractivity contribution in [2.75, 3.05) is 26.8 Å². The first-order valence-electron chi connectivity index (χ1n) is 6.08. The fourth-order valence-electron chi connectivity index (χ4n) is 1.64. The van der Waals surface area contributed by atoms with Crippen LogP contribution in [-0.4, -0.2) is 38.0 Å².